The van der Waals surface area contributed by atoms with E-state index in [0.29, 0.717) is 25.4 Å². The second-order valence-electron chi connectivity index (χ2n) is 3.89. The number of hydrogen-bond donors (Lipinski definition) is 3. The number of carbonyl (C=O) groups excluding carboxylic acids is 1. The van der Waals surface area contributed by atoms with Crippen molar-refractivity contribution in [3.8, 4) is 0 Å². The van der Waals surface area contributed by atoms with E-state index in [1.807, 2.05) is 0 Å². The van der Waals surface area contributed by atoms with Crippen molar-refractivity contribution in [3.63, 3.8) is 0 Å². The predicted octanol–water partition coefficient (Wildman–Crippen LogP) is -0.159. The lowest BCUT2D eigenvalue weighted by Crippen LogP contribution is -2.32. The molecule has 4 N–H and O–H groups in total. The van der Waals surface area contributed by atoms with Gasteiger partial charge in [-0.1, -0.05) is 0 Å². The molecule has 0 aromatic heterocycles. The Kier molecular flexibility index (Phi) is 5.56. The molecule has 0 aromatic carbocycles. The number of nitrogens with one attached hydrogen (secondary N) is 2. The molecule has 1 rings (SSSR count). The monoisotopic (exact) mass is 199 g/mol. The van der Waals surface area contributed by atoms with E-state index in [4.69, 9.17) is 5.73 Å². The van der Waals surface area contributed by atoms with Crippen molar-refractivity contribution in [1.29, 1.82) is 0 Å². The van der Waals surface area contributed by atoms with Crippen LogP contribution in [0.25, 0.3) is 0 Å². The van der Waals surface area contributed by atoms with Gasteiger partial charge < -0.3 is 16.4 Å². The number of carbonyl (C=O) groups is 1. The van der Waals surface area contributed by atoms with Gasteiger partial charge >= 0.3 is 0 Å². The molecule has 0 spiro atoms. The van der Waals surface area contributed by atoms with Gasteiger partial charge in [-0.05, 0) is 38.3 Å². The van der Waals surface area contributed by atoms with Crippen LogP contribution in [0.1, 0.15) is 25.7 Å². The fourth-order valence-electron chi connectivity index (χ4n) is 1.81. The third kappa shape index (κ3) is 4.58. The molecular formula is C10H21N3O. The van der Waals surface area contributed by atoms with Crippen molar-refractivity contribution in [1.82, 2.24) is 10.6 Å². The molecule has 1 aliphatic heterocycles. The summed E-state index contributed by atoms with van der Waals surface area (Å²) in [6, 6.07) is 0. The van der Waals surface area contributed by atoms with Crippen molar-refractivity contribution < 1.29 is 4.79 Å². The summed E-state index contributed by atoms with van der Waals surface area (Å²) in [4.78, 5) is 11.3. The van der Waals surface area contributed by atoms with Gasteiger partial charge in [0, 0.05) is 19.5 Å². The number of amides is 1. The van der Waals surface area contributed by atoms with E-state index < -0.39 is 0 Å². The van der Waals surface area contributed by atoms with E-state index in [-0.39, 0.29) is 5.91 Å². The molecule has 0 aromatic rings. The second kappa shape index (κ2) is 6.79. The first-order valence-electron chi connectivity index (χ1n) is 5.50. The topological polar surface area (TPSA) is 67.1 Å². The third-order valence-corrected chi connectivity index (χ3v) is 2.65. The molecular weight excluding hydrogens is 178 g/mol. The minimum Gasteiger partial charge on any atom is -0.355 e. The van der Waals surface area contributed by atoms with Crippen LogP contribution in [-0.2, 0) is 4.79 Å². The maximum Gasteiger partial charge on any atom is 0.220 e. The standard InChI is InChI=1S/C10H21N3O/c11-5-7-13-10(14)4-3-9-2-1-6-12-8-9/h9,12H,1-8,11H2,(H,13,14). The molecule has 0 bridgehead atoms. The van der Waals surface area contributed by atoms with E-state index in [9.17, 15) is 4.79 Å². The fourth-order valence-corrected chi connectivity index (χ4v) is 1.81. The van der Waals surface area contributed by atoms with Crippen LogP contribution >= 0.6 is 0 Å². The molecule has 1 aliphatic rings. The van der Waals surface area contributed by atoms with E-state index in [1.165, 1.54) is 12.8 Å². The van der Waals surface area contributed by atoms with Crippen LogP contribution < -0.4 is 16.4 Å². The van der Waals surface area contributed by atoms with Gasteiger partial charge in [0.15, 0.2) is 0 Å². The van der Waals surface area contributed by atoms with E-state index in [2.05, 4.69) is 10.6 Å². The van der Waals surface area contributed by atoms with Gasteiger partial charge in [0.1, 0.15) is 0 Å². The van der Waals surface area contributed by atoms with Gasteiger partial charge in [-0.25, -0.2) is 0 Å². The van der Waals surface area contributed by atoms with Gasteiger partial charge in [-0.15, -0.1) is 0 Å². The number of nitrogens with two attached hydrogens (primary N) is 1. The molecule has 4 heteroatoms. The first kappa shape index (κ1) is 11.5. The van der Waals surface area contributed by atoms with Crippen molar-refractivity contribution in [2.75, 3.05) is 26.2 Å². The van der Waals surface area contributed by atoms with Crippen LogP contribution in [0.5, 0.6) is 0 Å². The molecule has 4 nitrogen and oxygen atoms in total. The Hall–Kier alpha value is -0.610. The highest BCUT2D eigenvalue weighted by Crippen LogP contribution is 2.15. The lowest BCUT2D eigenvalue weighted by Gasteiger charge is -2.22. The second-order valence-corrected chi connectivity index (χ2v) is 3.89. The lowest BCUT2D eigenvalue weighted by atomic mass is 9.94. The quantitative estimate of drug-likeness (QED) is 0.576. The zero-order valence-corrected chi connectivity index (χ0v) is 8.72. The molecule has 1 unspecified atom stereocenters. The normalized spacial score (nSPS) is 21.9. The molecule has 0 radical (unpaired) electrons. The van der Waals surface area contributed by atoms with Crippen molar-refractivity contribution in [2.24, 2.45) is 11.7 Å². The lowest BCUT2D eigenvalue weighted by molar-refractivity contribution is -0.121. The van der Waals surface area contributed by atoms with E-state index >= 15 is 0 Å². The average molecular weight is 199 g/mol. The SMILES string of the molecule is NCCNC(=O)CCC1CCCNC1. The minimum absolute atomic E-state index is 0.140. The molecule has 1 amide bonds. The molecule has 0 aliphatic carbocycles. The Labute approximate surface area is 85.6 Å². The summed E-state index contributed by atoms with van der Waals surface area (Å²) in [5.74, 6) is 0.827. The largest absolute Gasteiger partial charge is 0.355 e. The number of hydrogen-bond acceptors (Lipinski definition) is 3. The molecule has 1 saturated heterocycles. The van der Waals surface area contributed by atoms with Crippen molar-refractivity contribution in [3.05, 3.63) is 0 Å². The Morgan fingerprint density at radius 1 is 1.57 bits per heavy atom. The van der Waals surface area contributed by atoms with Crippen LogP contribution in [0.3, 0.4) is 0 Å². The number of piperidine rings is 1. The molecule has 0 saturated carbocycles. The first-order valence-corrected chi connectivity index (χ1v) is 5.50. The van der Waals surface area contributed by atoms with Crippen molar-refractivity contribution >= 4 is 5.91 Å². The third-order valence-electron chi connectivity index (χ3n) is 2.65. The van der Waals surface area contributed by atoms with Gasteiger partial charge in [-0.2, -0.15) is 0 Å². The summed E-state index contributed by atoms with van der Waals surface area (Å²) >= 11 is 0. The van der Waals surface area contributed by atoms with Crippen LogP contribution in [0.2, 0.25) is 0 Å². The Morgan fingerprint density at radius 3 is 3.07 bits per heavy atom. The predicted molar refractivity (Wildman–Crippen MR) is 56.9 cm³/mol. The zero-order valence-electron chi connectivity index (χ0n) is 8.72. The number of rotatable bonds is 5. The summed E-state index contributed by atoms with van der Waals surface area (Å²) in [5, 5.41) is 6.14. The summed E-state index contributed by atoms with van der Waals surface area (Å²) in [6.07, 6.45) is 4.15. The van der Waals surface area contributed by atoms with Crippen LogP contribution in [0.4, 0.5) is 0 Å². The molecule has 82 valence electrons. The average Bonchev–Trinajstić information content (AvgIpc) is 2.25. The molecule has 1 atom stereocenters. The highest BCUT2D eigenvalue weighted by molar-refractivity contribution is 5.75. The Morgan fingerprint density at radius 2 is 2.43 bits per heavy atom. The van der Waals surface area contributed by atoms with E-state index in [0.717, 1.165) is 19.5 Å². The van der Waals surface area contributed by atoms with Crippen LogP contribution in [0.15, 0.2) is 0 Å². The maximum absolute atomic E-state index is 11.3. The summed E-state index contributed by atoms with van der Waals surface area (Å²) in [5.41, 5.74) is 5.29. The van der Waals surface area contributed by atoms with Gasteiger partial charge in [0.25, 0.3) is 0 Å². The summed E-state index contributed by atoms with van der Waals surface area (Å²) in [6.45, 7) is 3.33. The fraction of sp³-hybridized carbons (Fsp3) is 0.900. The Balaban J connectivity index is 2.03. The van der Waals surface area contributed by atoms with Crippen molar-refractivity contribution in [2.45, 2.75) is 25.7 Å². The van der Waals surface area contributed by atoms with E-state index in [1.54, 1.807) is 0 Å². The first-order chi connectivity index (χ1) is 6.83. The van der Waals surface area contributed by atoms with Crippen LogP contribution in [0, 0.1) is 5.92 Å². The summed E-state index contributed by atoms with van der Waals surface area (Å²) < 4.78 is 0. The van der Waals surface area contributed by atoms with Gasteiger partial charge in [0.2, 0.25) is 5.91 Å². The molecule has 14 heavy (non-hydrogen) atoms. The maximum atomic E-state index is 11.3. The highest BCUT2D eigenvalue weighted by atomic mass is 16.1. The minimum atomic E-state index is 0.140. The smallest absolute Gasteiger partial charge is 0.220 e. The zero-order chi connectivity index (χ0) is 10.2. The van der Waals surface area contributed by atoms with Gasteiger partial charge in [0.05, 0.1) is 0 Å². The van der Waals surface area contributed by atoms with Crippen LogP contribution in [-0.4, -0.2) is 32.1 Å². The highest BCUT2D eigenvalue weighted by Gasteiger charge is 2.13. The summed E-state index contributed by atoms with van der Waals surface area (Å²) in [7, 11) is 0. The molecule has 1 heterocycles. The van der Waals surface area contributed by atoms with Gasteiger partial charge in [-0.3, -0.25) is 4.79 Å². The molecule has 1 fully saturated rings. The Bertz CT molecular complexity index is 167.